The average molecular weight is 280 g/mol. The minimum absolute atomic E-state index is 0.738. The monoisotopic (exact) mass is 280 g/mol. The van der Waals surface area contributed by atoms with E-state index in [0.717, 1.165) is 49.0 Å². The van der Waals surface area contributed by atoms with Crippen molar-refractivity contribution in [1.82, 2.24) is 29.7 Å². The summed E-state index contributed by atoms with van der Waals surface area (Å²) >= 11 is 0. The number of aromatic nitrogens is 6. The quantitative estimate of drug-likeness (QED) is 0.789. The Balaban J connectivity index is 0.000000217. The second kappa shape index (κ2) is 7.46. The molecular weight excluding hydrogens is 256 g/mol. The first-order valence-electron chi connectivity index (χ1n) is 6.83. The van der Waals surface area contributed by atoms with Gasteiger partial charge in [-0.1, -0.05) is 13.8 Å². The Morgan fingerprint density at radius 3 is 1.40 bits per heavy atom. The maximum atomic E-state index is 5.77. The molecule has 2 heterocycles. The molecule has 0 fully saturated rings. The molecule has 8 heteroatoms. The maximum absolute atomic E-state index is 5.77. The fourth-order valence-corrected chi connectivity index (χ4v) is 1.62. The van der Waals surface area contributed by atoms with Gasteiger partial charge in [0.15, 0.2) is 11.6 Å². The topological polar surface area (TPSA) is 113 Å². The van der Waals surface area contributed by atoms with Crippen LogP contribution in [0, 0.1) is 13.8 Å². The first-order valence-corrected chi connectivity index (χ1v) is 6.83. The third kappa shape index (κ3) is 3.94. The molecule has 2 aromatic rings. The summed E-state index contributed by atoms with van der Waals surface area (Å²) in [4.78, 5) is 0. The van der Waals surface area contributed by atoms with Gasteiger partial charge in [-0.15, -0.1) is 20.4 Å². The highest BCUT2D eigenvalue weighted by Crippen LogP contribution is 2.02. The number of rotatable bonds is 4. The van der Waals surface area contributed by atoms with E-state index in [1.54, 1.807) is 18.5 Å². The van der Waals surface area contributed by atoms with Crippen molar-refractivity contribution in [3.63, 3.8) is 0 Å². The van der Waals surface area contributed by atoms with Gasteiger partial charge < -0.3 is 11.7 Å². The molecule has 0 amide bonds. The van der Waals surface area contributed by atoms with Gasteiger partial charge in [-0.05, 0) is 26.7 Å². The summed E-state index contributed by atoms with van der Waals surface area (Å²) in [5, 5.41) is 15.4. The lowest BCUT2D eigenvalue weighted by atomic mass is 10.3. The molecule has 112 valence electrons. The van der Waals surface area contributed by atoms with E-state index in [9.17, 15) is 0 Å². The van der Waals surface area contributed by atoms with Crippen LogP contribution in [0.25, 0.3) is 0 Å². The average Bonchev–Trinajstić information content (AvgIpc) is 2.91. The number of aryl methyl sites for hydroxylation is 4. The van der Waals surface area contributed by atoms with Gasteiger partial charge in [0.1, 0.15) is 11.6 Å². The van der Waals surface area contributed by atoms with Crippen molar-refractivity contribution in [3.8, 4) is 0 Å². The van der Waals surface area contributed by atoms with Gasteiger partial charge >= 0.3 is 0 Å². The number of nitrogen functional groups attached to an aromatic ring is 2. The summed E-state index contributed by atoms with van der Waals surface area (Å²) in [7, 11) is 0. The predicted octanol–water partition coefficient (Wildman–Crippen LogP) is 0.506. The molecular formula is C12H24N8. The molecule has 2 rings (SSSR count). The van der Waals surface area contributed by atoms with Crippen molar-refractivity contribution in [2.24, 2.45) is 0 Å². The fraction of sp³-hybridized carbons (Fsp3) is 0.667. The van der Waals surface area contributed by atoms with Gasteiger partial charge in [0, 0.05) is 12.8 Å². The van der Waals surface area contributed by atoms with Crippen molar-refractivity contribution >= 4 is 0 Å². The third-order valence-corrected chi connectivity index (χ3v) is 2.82. The lowest BCUT2D eigenvalue weighted by molar-refractivity contribution is 0.746. The number of nitrogens with two attached hydrogens (primary N) is 2. The van der Waals surface area contributed by atoms with E-state index in [4.69, 9.17) is 11.7 Å². The molecule has 20 heavy (non-hydrogen) atoms. The first kappa shape index (κ1) is 15.9. The second-order valence-electron chi connectivity index (χ2n) is 4.57. The fourth-order valence-electron chi connectivity index (χ4n) is 1.62. The van der Waals surface area contributed by atoms with E-state index in [0.29, 0.717) is 0 Å². The SMILES string of the molecule is CCCc1nnc(CCC)n1N.Cc1nnc(C)n1N. The van der Waals surface area contributed by atoms with E-state index in [1.165, 1.54) is 4.68 Å². The standard InChI is InChI=1S/C8H16N4.C4H8N4/c1-3-5-7-10-11-8(6-4-2)12(7)9;1-3-6-7-4(2)8(3)5/h3-6,9H2,1-2H3;5H2,1-2H3. The lowest BCUT2D eigenvalue weighted by Crippen LogP contribution is -2.16. The van der Waals surface area contributed by atoms with Crippen molar-refractivity contribution < 1.29 is 0 Å². The van der Waals surface area contributed by atoms with E-state index < -0.39 is 0 Å². The highest BCUT2D eigenvalue weighted by molar-refractivity contribution is 4.95. The molecule has 0 saturated heterocycles. The van der Waals surface area contributed by atoms with Crippen molar-refractivity contribution in [2.45, 2.75) is 53.4 Å². The lowest BCUT2D eigenvalue weighted by Gasteiger charge is -2.00. The highest BCUT2D eigenvalue weighted by Gasteiger charge is 2.06. The maximum Gasteiger partial charge on any atom is 0.151 e. The summed E-state index contributed by atoms with van der Waals surface area (Å²) in [5.74, 6) is 14.4. The normalized spacial score (nSPS) is 10.2. The molecule has 0 aliphatic heterocycles. The highest BCUT2D eigenvalue weighted by atomic mass is 15.4. The van der Waals surface area contributed by atoms with Crippen LogP contribution in [0.1, 0.15) is 50.0 Å². The van der Waals surface area contributed by atoms with Crippen LogP contribution in [0.2, 0.25) is 0 Å². The summed E-state index contributed by atoms with van der Waals surface area (Å²) in [5.41, 5.74) is 0. The zero-order valence-corrected chi connectivity index (χ0v) is 12.7. The number of hydrogen-bond acceptors (Lipinski definition) is 6. The summed E-state index contributed by atoms with van der Waals surface area (Å²) in [6.07, 6.45) is 3.93. The molecule has 0 atom stereocenters. The van der Waals surface area contributed by atoms with E-state index in [1.807, 2.05) is 0 Å². The van der Waals surface area contributed by atoms with Crippen LogP contribution in [0.4, 0.5) is 0 Å². The molecule has 0 unspecified atom stereocenters. The molecule has 2 aromatic heterocycles. The number of nitrogens with zero attached hydrogens (tertiary/aromatic N) is 6. The zero-order chi connectivity index (χ0) is 15.1. The van der Waals surface area contributed by atoms with E-state index in [-0.39, 0.29) is 0 Å². The van der Waals surface area contributed by atoms with Gasteiger partial charge in [-0.25, -0.2) is 9.35 Å². The van der Waals surface area contributed by atoms with Crippen molar-refractivity contribution in [1.29, 1.82) is 0 Å². The van der Waals surface area contributed by atoms with Crippen molar-refractivity contribution in [3.05, 3.63) is 23.3 Å². The largest absolute Gasteiger partial charge is 0.336 e. The van der Waals surface area contributed by atoms with Gasteiger partial charge in [0.2, 0.25) is 0 Å². The Bertz CT molecular complexity index is 485. The first-order chi connectivity index (χ1) is 9.51. The molecule has 0 spiro atoms. The van der Waals surface area contributed by atoms with Gasteiger partial charge in [-0.3, -0.25) is 0 Å². The zero-order valence-electron chi connectivity index (χ0n) is 12.7. The molecule has 0 saturated carbocycles. The Kier molecular flexibility index (Phi) is 5.95. The Labute approximate surface area is 119 Å². The summed E-state index contributed by atoms with van der Waals surface area (Å²) < 4.78 is 3.06. The molecule has 0 aliphatic carbocycles. The van der Waals surface area contributed by atoms with Crippen LogP contribution in [0.5, 0.6) is 0 Å². The molecule has 0 radical (unpaired) electrons. The van der Waals surface area contributed by atoms with Gasteiger partial charge in [0.05, 0.1) is 0 Å². The van der Waals surface area contributed by atoms with E-state index in [2.05, 4.69) is 34.2 Å². The molecule has 8 nitrogen and oxygen atoms in total. The minimum atomic E-state index is 0.738. The third-order valence-electron chi connectivity index (χ3n) is 2.82. The van der Waals surface area contributed by atoms with Crippen LogP contribution < -0.4 is 11.7 Å². The van der Waals surface area contributed by atoms with Crippen LogP contribution in [-0.2, 0) is 12.8 Å². The smallest absolute Gasteiger partial charge is 0.151 e. The second-order valence-corrected chi connectivity index (χ2v) is 4.57. The molecule has 0 aromatic carbocycles. The van der Waals surface area contributed by atoms with Gasteiger partial charge in [0.25, 0.3) is 0 Å². The Hall–Kier alpha value is -2.12. The molecule has 4 N–H and O–H groups in total. The summed E-state index contributed by atoms with van der Waals surface area (Å²) in [6.45, 7) is 7.82. The van der Waals surface area contributed by atoms with Crippen LogP contribution in [0.15, 0.2) is 0 Å². The Morgan fingerprint density at radius 2 is 1.15 bits per heavy atom. The number of hydrogen-bond donors (Lipinski definition) is 2. The van der Waals surface area contributed by atoms with Crippen LogP contribution in [-0.4, -0.2) is 29.7 Å². The summed E-state index contributed by atoms with van der Waals surface area (Å²) in [6, 6.07) is 0. The van der Waals surface area contributed by atoms with Crippen LogP contribution >= 0.6 is 0 Å². The molecule has 0 bridgehead atoms. The van der Waals surface area contributed by atoms with Crippen LogP contribution in [0.3, 0.4) is 0 Å². The van der Waals surface area contributed by atoms with Gasteiger partial charge in [-0.2, -0.15) is 0 Å². The van der Waals surface area contributed by atoms with Crippen molar-refractivity contribution in [2.75, 3.05) is 11.7 Å². The molecule has 0 aliphatic rings. The minimum Gasteiger partial charge on any atom is -0.336 e. The van der Waals surface area contributed by atoms with E-state index >= 15 is 0 Å². The predicted molar refractivity (Wildman–Crippen MR) is 77.8 cm³/mol. The Morgan fingerprint density at radius 1 is 0.750 bits per heavy atom.